The van der Waals surface area contributed by atoms with E-state index >= 15 is 0 Å². The third-order valence-corrected chi connectivity index (χ3v) is 2.37. The molecule has 3 heteroatoms. The zero-order valence-electron chi connectivity index (χ0n) is 9.28. The van der Waals surface area contributed by atoms with E-state index in [1.165, 1.54) is 0 Å². The Hall–Kier alpha value is -1.48. The number of aromatic nitrogens is 2. The van der Waals surface area contributed by atoms with Gasteiger partial charge in [0.25, 0.3) is 0 Å². The molecule has 15 heavy (non-hydrogen) atoms. The maximum absolute atomic E-state index is 5.99. The standard InChI is InChI=1S/C12H15N3/c1-8-9-6-4-5-7-10(9)15-11(14-8)12(2,3)13/h4-7H,13H2,1-3H3. The number of hydrogen-bond acceptors (Lipinski definition) is 3. The number of nitrogens with zero attached hydrogens (tertiary/aromatic N) is 2. The number of aryl methyl sites for hydroxylation is 1. The Balaban J connectivity index is 2.73. The van der Waals surface area contributed by atoms with Crippen molar-refractivity contribution < 1.29 is 0 Å². The third-order valence-electron chi connectivity index (χ3n) is 2.37. The van der Waals surface area contributed by atoms with Crippen LogP contribution in [0.4, 0.5) is 0 Å². The van der Waals surface area contributed by atoms with Gasteiger partial charge in [-0.2, -0.15) is 0 Å². The van der Waals surface area contributed by atoms with Crippen LogP contribution in [0, 0.1) is 6.92 Å². The summed E-state index contributed by atoms with van der Waals surface area (Å²) in [6.07, 6.45) is 0. The van der Waals surface area contributed by atoms with Crippen LogP contribution in [-0.4, -0.2) is 9.97 Å². The molecular weight excluding hydrogens is 186 g/mol. The Kier molecular flexibility index (Phi) is 2.20. The van der Waals surface area contributed by atoms with E-state index < -0.39 is 5.54 Å². The van der Waals surface area contributed by atoms with Gasteiger partial charge >= 0.3 is 0 Å². The monoisotopic (exact) mass is 201 g/mol. The molecule has 0 fully saturated rings. The Labute approximate surface area is 89.4 Å². The first kappa shape index (κ1) is 10.1. The highest BCUT2D eigenvalue weighted by Gasteiger charge is 2.18. The van der Waals surface area contributed by atoms with Crippen LogP contribution in [0.5, 0.6) is 0 Å². The fourth-order valence-electron chi connectivity index (χ4n) is 1.52. The van der Waals surface area contributed by atoms with Crippen molar-refractivity contribution in [1.82, 2.24) is 9.97 Å². The molecule has 0 saturated heterocycles. The van der Waals surface area contributed by atoms with Crippen LogP contribution >= 0.6 is 0 Å². The van der Waals surface area contributed by atoms with E-state index in [2.05, 4.69) is 9.97 Å². The topological polar surface area (TPSA) is 51.8 Å². The van der Waals surface area contributed by atoms with Gasteiger partial charge in [-0.15, -0.1) is 0 Å². The van der Waals surface area contributed by atoms with Crippen LogP contribution < -0.4 is 5.73 Å². The SMILES string of the molecule is Cc1nc(C(C)(C)N)nc2ccccc12. The Morgan fingerprint density at radius 2 is 1.80 bits per heavy atom. The fraction of sp³-hybridized carbons (Fsp3) is 0.333. The van der Waals surface area contributed by atoms with Crippen LogP contribution in [0.15, 0.2) is 24.3 Å². The van der Waals surface area contributed by atoms with Gasteiger partial charge in [0.1, 0.15) is 5.82 Å². The molecule has 0 atom stereocenters. The van der Waals surface area contributed by atoms with Crippen molar-refractivity contribution in [3.05, 3.63) is 35.8 Å². The van der Waals surface area contributed by atoms with Gasteiger partial charge in [-0.25, -0.2) is 9.97 Å². The number of rotatable bonds is 1. The van der Waals surface area contributed by atoms with Gasteiger partial charge in [0.05, 0.1) is 11.1 Å². The van der Waals surface area contributed by atoms with Gasteiger partial charge in [0, 0.05) is 11.1 Å². The van der Waals surface area contributed by atoms with E-state index in [4.69, 9.17) is 5.73 Å². The van der Waals surface area contributed by atoms with Crippen molar-refractivity contribution >= 4 is 10.9 Å². The number of nitrogens with two attached hydrogens (primary N) is 1. The summed E-state index contributed by atoms with van der Waals surface area (Å²) in [6.45, 7) is 5.81. The molecular formula is C12H15N3. The van der Waals surface area contributed by atoms with Crippen molar-refractivity contribution in [3.8, 4) is 0 Å². The Bertz CT molecular complexity index is 498. The maximum atomic E-state index is 5.99. The fourth-order valence-corrected chi connectivity index (χ4v) is 1.52. The minimum absolute atomic E-state index is 0.491. The zero-order valence-corrected chi connectivity index (χ0v) is 9.28. The number of benzene rings is 1. The van der Waals surface area contributed by atoms with Crippen molar-refractivity contribution in [2.45, 2.75) is 26.3 Å². The lowest BCUT2D eigenvalue weighted by atomic mass is 10.1. The first-order valence-electron chi connectivity index (χ1n) is 5.01. The minimum atomic E-state index is -0.491. The second kappa shape index (κ2) is 3.28. The predicted octanol–water partition coefficient (Wildman–Crippen LogP) is 2.13. The summed E-state index contributed by atoms with van der Waals surface area (Å²) in [7, 11) is 0. The Morgan fingerprint density at radius 3 is 2.47 bits per heavy atom. The lowest BCUT2D eigenvalue weighted by molar-refractivity contribution is 0.515. The van der Waals surface area contributed by atoms with Gasteiger partial charge in [0.15, 0.2) is 0 Å². The summed E-state index contributed by atoms with van der Waals surface area (Å²) in [5.41, 5.74) is 7.44. The molecule has 2 rings (SSSR count). The molecule has 0 spiro atoms. The van der Waals surface area contributed by atoms with Crippen LogP contribution in [0.25, 0.3) is 10.9 Å². The number of para-hydroxylation sites is 1. The molecule has 0 radical (unpaired) electrons. The maximum Gasteiger partial charge on any atom is 0.148 e. The molecule has 1 heterocycles. The second-order valence-electron chi connectivity index (χ2n) is 4.37. The van der Waals surface area contributed by atoms with Gasteiger partial charge in [-0.05, 0) is 26.8 Å². The van der Waals surface area contributed by atoms with Crippen molar-refractivity contribution in [1.29, 1.82) is 0 Å². The van der Waals surface area contributed by atoms with Gasteiger partial charge in [-0.1, -0.05) is 18.2 Å². The van der Waals surface area contributed by atoms with E-state index in [1.807, 2.05) is 45.0 Å². The third kappa shape index (κ3) is 1.83. The summed E-state index contributed by atoms with van der Waals surface area (Å²) in [4.78, 5) is 8.91. The van der Waals surface area contributed by atoms with Crippen molar-refractivity contribution in [2.75, 3.05) is 0 Å². The minimum Gasteiger partial charge on any atom is -0.319 e. The molecule has 78 valence electrons. The molecule has 0 unspecified atom stereocenters. The molecule has 0 aliphatic carbocycles. The summed E-state index contributed by atoms with van der Waals surface area (Å²) in [6, 6.07) is 7.98. The lowest BCUT2D eigenvalue weighted by Gasteiger charge is -2.17. The average Bonchev–Trinajstić information content (AvgIpc) is 2.16. The molecule has 0 aliphatic heterocycles. The molecule has 1 aromatic heterocycles. The molecule has 0 bridgehead atoms. The summed E-state index contributed by atoms with van der Waals surface area (Å²) < 4.78 is 0. The van der Waals surface area contributed by atoms with E-state index in [0.717, 1.165) is 16.6 Å². The Morgan fingerprint density at radius 1 is 1.13 bits per heavy atom. The molecule has 0 saturated carbocycles. The molecule has 1 aromatic carbocycles. The van der Waals surface area contributed by atoms with Crippen molar-refractivity contribution in [2.24, 2.45) is 5.73 Å². The molecule has 2 N–H and O–H groups in total. The molecule has 0 amide bonds. The van der Waals surface area contributed by atoms with Gasteiger partial charge in [-0.3, -0.25) is 0 Å². The highest BCUT2D eigenvalue weighted by molar-refractivity contribution is 5.80. The van der Waals surface area contributed by atoms with Crippen LogP contribution in [0.3, 0.4) is 0 Å². The number of hydrogen-bond donors (Lipinski definition) is 1. The highest BCUT2D eigenvalue weighted by atomic mass is 15.0. The molecule has 0 aliphatic rings. The zero-order chi connectivity index (χ0) is 11.1. The van der Waals surface area contributed by atoms with E-state index in [-0.39, 0.29) is 0 Å². The van der Waals surface area contributed by atoms with Gasteiger partial charge in [0.2, 0.25) is 0 Å². The normalized spacial score (nSPS) is 12.0. The number of fused-ring (bicyclic) bond motifs is 1. The lowest BCUT2D eigenvalue weighted by Crippen LogP contribution is -2.31. The van der Waals surface area contributed by atoms with E-state index in [9.17, 15) is 0 Å². The largest absolute Gasteiger partial charge is 0.319 e. The van der Waals surface area contributed by atoms with Gasteiger partial charge < -0.3 is 5.73 Å². The van der Waals surface area contributed by atoms with E-state index in [1.54, 1.807) is 0 Å². The van der Waals surface area contributed by atoms with Crippen LogP contribution in [0.1, 0.15) is 25.4 Å². The summed E-state index contributed by atoms with van der Waals surface area (Å²) in [5, 5.41) is 1.09. The van der Waals surface area contributed by atoms with Crippen LogP contribution in [0.2, 0.25) is 0 Å². The summed E-state index contributed by atoms with van der Waals surface area (Å²) in [5.74, 6) is 0.693. The molecule has 2 aromatic rings. The highest BCUT2D eigenvalue weighted by Crippen LogP contribution is 2.19. The molecule has 3 nitrogen and oxygen atoms in total. The summed E-state index contributed by atoms with van der Waals surface area (Å²) >= 11 is 0. The van der Waals surface area contributed by atoms with Crippen LogP contribution in [-0.2, 0) is 5.54 Å². The first-order valence-corrected chi connectivity index (χ1v) is 5.01. The second-order valence-corrected chi connectivity index (χ2v) is 4.37. The first-order chi connectivity index (χ1) is 6.98. The van der Waals surface area contributed by atoms with E-state index in [0.29, 0.717) is 5.82 Å². The smallest absolute Gasteiger partial charge is 0.148 e. The quantitative estimate of drug-likeness (QED) is 0.769. The van der Waals surface area contributed by atoms with Crippen molar-refractivity contribution in [3.63, 3.8) is 0 Å². The predicted molar refractivity (Wildman–Crippen MR) is 61.5 cm³/mol. The average molecular weight is 201 g/mol.